The van der Waals surface area contributed by atoms with Crippen molar-refractivity contribution in [3.05, 3.63) is 41.2 Å². The molecule has 0 heterocycles. The Labute approximate surface area is 84.5 Å². The summed E-state index contributed by atoms with van der Waals surface area (Å²) in [5.74, 6) is 0. The van der Waals surface area contributed by atoms with Crippen LogP contribution in [0.5, 0.6) is 0 Å². The molecule has 0 aromatic carbocycles. The minimum atomic E-state index is -0.490. The molecule has 1 atom stereocenters. The lowest BCUT2D eigenvalue weighted by atomic mass is 9.99. The molecular formula is C11H16N2O. The third-order valence-electron chi connectivity index (χ3n) is 2.20. The highest BCUT2D eigenvalue weighted by Gasteiger charge is 2.16. The van der Waals surface area contributed by atoms with Gasteiger partial charge in [0.15, 0.2) is 5.71 Å². The van der Waals surface area contributed by atoms with E-state index in [0.29, 0.717) is 5.71 Å². The number of allylic oxidation sites excluding steroid dienone is 4. The monoisotopic (exact) mass is 192 g/mol. The minimum absolute atomic E-state index is 0.490. The van der Waals surface area contributed by atoms with Crippen LogP contribution in [0.2, 0.25) is 0 Å². The van der Waals surface area contributed by atoms with Crippen LogP contribution in [-0.2, 0) is 0 Å². The van der Waals surface area contributed by atoms with Crippen LogP contribution < -0.4 is 5.73 Å². The first-order valence-electron chi connectivity index (χ1n) is 4.55. The first-order chi connectivity index (χ1) is 6.42. The van der Waals surface area contributed by atoms with Crippen molar-refractivity contribution in [3.8, 4) is 0 Å². The molecule has 0 amide bonds. The first kappa shape index (κ1) is 10.7. The van der Waals surface area contributed by atoms with E-state index >= 15 is 0 Å². The zero-order valence-corrected chi connectivity index (χ0v) is 8.82. The standard InChI is InChI=1S/C11H16N2O/c1-9(13(3)14)10-6-4-5-7-11(2,12)8-10/h4-8H,12H2,1-3H3/b13-9+. The predicted octanol–water partition coefficient (Wildman–Crippen LogP) is 1.36. The second kappa shape index (κ2) is 3.80. The van der Waals surface area contributed by atoms with Gasteiger partial charge < -0.3 is 10.9 Å². The van der Waals surface area contributed by atoms with Gasteiger partial charge in [0.05, 0.1) is 5.54 Å². The lowest BCUT2D eigenvalue weighted by Crippen LogP contribution is -2.31. The van der Waals surface area contributed by atoms with Gasteiger partial charge in [-0.1, -0.05) is 18.2 Å². The van der Waals surface area contributed by atoms with Gasteiger partial charge in [-0.3, -0.25) is 0 Å². The van der Waals surface area contributed by atoms with E-state index in [4.69, 9.17) is 5.73 Å². The van der Waals surface area contributed by atoms with Crippen molar-refractivity contribution in [2.24, 2.45) is 5.73 Å². The third-order valence-corrected chi connectivity index (χ3v) is 2.20. The van der Waals surface area contributed by atoms with Gasteiger partial charge in [0.25, 0.3) is 0 Å². The first-order valence-corrected chi connectivity index (χ1v) is 4.55. The molecule has 3 nitrogen and oxygen atoms in total. The molecule has 0 aromatic rings. The molecule has 3 heteroatoms. The van der Waals surface area contributed by atoms with Gasteiger partial charge >= 0.3 is 0 Å². The summed E-state index contributed by atoms with van der Waals surface area (Å²) >= 11 is 0. The third kappa shape index (κ3) is 2.57. The zero-order chi connectivity index (χ0) is 10.8. The van der Waals surface area contributed by atoms with E-state index in [1.807, 2.05) is 37.3 Å². The fourth-order valence-corrected chi connectivity index (χ4v) is 1.26. The summed E-state index contributed by atoms with van der Waals surface area (Å²) in [7, 11) is 1.48. The molecule has 14 heavy (non-hydrogen) atoms. The Morgan fingerprint density at radius 2 is 2.14 bits per heavy atom. The van der Waals surface area contributed by atoms with Crippen molar-refractivity contribution in [2.75, 3.05) is 7.05 Å². The molecule has 0 radical (unpaired) electrons. The summed E-state index contributed by atoms with van der Waals surface area (Å²) in [6, 6.07) is 0. The van der Waals surface area contributed by atoms with Crippen LogP contribution in [0.3, 0.4) is 0 Å². The lowest BCUT2D eigenvalue weighted by Gasteiger charge is -2.15. The highest BCUT2D eigenvalue weighted by molar-refractivity contribution is 5.97. The van der Waals surface area contributed by atoms with Crippen LogP contribution in [-0.4, -0.2) is 23.0 Å². The molecule has 0 aromatic heterocycles. The molecule has 0 spiro atoms. The van der Waals surface area contributed by atoms with Crippen LogP contribution in [0.4, 0.5) is 0 Å². The van der Waals surface area contributed by atoms with Gasteiger partial charge in [0.1, 0.15) is 7.05 Å². The molecule has 1 rings (SSSR count). The van der Waals surface area contributed by atoms with Gasteiger partial charge in [0.2, 0.25) is 0 Å². The molecule has 1 aliphatic carbocycles. The maximum atomic E-state index is 11.1. The normalized spacial score (nSPS) is 28.1. The van der Waals surface area contributed by atoms with Crippen molar-refractivity contribution in [2.45, 2.75) is 19.4 Å². The minimum Gasteiger partial charge on any atom is -0.624 e. The van der Waals surface area contributed by atoms with E-state index < -0.39 is 5.54 Å². The number of hydroxylamine groups is 1. The van der Waals surface area contributed by atoms with Crippen LogP contribution in [0.1, 0.15) is 13.8 Å². The molecule has 76 valence electrons. The fraction of sp³-hybridized carbons (Fsp3) is 0.364. The highest BCUT2D eigenvalue weighted by Crippen LogP contribution is 2.14. The van der Waals surface area contributed by atoms with Gasteiger partial charge in [-0.15, -0.1) is 0 Å². The Bertz CT molecular complexity index is 342. The van der Waals surface area contributed by atoms with Crippen LogP contribution in [0, 0.1) is 5.21 Å². The average Bonchev–Trinajstić information content (AvgIpc) is 2.24. The molecule has 0 aliphatic heterocycles. The SMILES string of the molecule is C/C(C1=CC(C)(N)C=CC=C1)=[N+](/C)[O-]. The van der Waals surface area contributed by atoms with E-state index in [9.17, 15) is 5.21 Å². The molecular weight excluding hydrogens is 176 g/mol. The maximum absolute atomic E-state index is 11.1. The Hall–Kier alpha value is -1.35. The number of nitrogens with two attached hydrogens (primary N) is 1. The van der Waals surface area contributed by atoms with Gasteiger partial charge in [-0.25, -0.2) is 4.74 Å². The van der Waals surface area contributed by atoms with E-state index in [1.54, 1.807) is 6.92 Å². The maximum Gasteiger partial charge on any atom is 0.190 e. The Morgan fingerprint density at radius 3 is 2.71 bits per heavy atom. The summed E-state index contributed by atoms with van der Waals surface area (Å²) < 4.78 is 0.845. The summed E-state index contributed by atoms with van der Waals surface area (Å²) in [6.45, 7) is 3.68. The lowest BCUT2D eigenvalue weighted by molar-refractivity contribution is -0.422. The summed E-state index contributed by atoms with van der Waals surface area (Å²) in [6.07, 6.45) is 9.45. The second-order valence-electron chi connectivity index (χ2n) is 3.77. The van der Waals surface area contributed by atoms with Crippen molar-refractivity contribution in [3.63, 3.8) is 0 Å². The molecule has 1 unspecified atom stereocenters. The topological polar surface area (TPSA) is 52.1 Å². The Kier molecular flexibility index (Phi) is 2.91. The molecule has 2 N–H and O–H groups in total. The van der Waals surface area contributed by atoms with Crippen molar-refractivity contribution in [1.82, 2.24) is 0 Å². The van der Waals surface area contributed by atoms with E-state index in [0.717, 1.165) is 10.3 Å². The average molecular weight is 192 g/mol. The predicted molar refractivity (Wildman–Crippen MR) is 59.2 cm³/mol. The van der Waals surface area contributed by atoms with Crippen molar-refractivity contribution in [1.29, 1.82) is 0 Å². The van der Waals surface area contributed by atoms with Crippen LogP contribution in [0.25, 0.3) is 0 Å². The molecule has 1 aliphatic rings. The van der Waals surface area contributed by atoms with Crippen LogP contribution >= 0.6 is 0 Å². The fourth-order valence-electron chi connectivity index (χ4n) is 1.26. The van der Waals surface area contributed by atoms with Crippen molar-refractivity contribution >= 4 is 5.71 Å². The number of rotatable bonds is 1. The number of hydrogen-bond donors (Lipinski definition) is 1. The Morgan fingerprint density at radius 1 is 1.50 bits per heavy atom. The van der Waals surface area contributed by atoms with Crippen molar-refractivity contribution < 1.29 is 4.74 Å². The van der Waals surface area contributed by atoms with Gasteiger partial charge in [0, 0.05) is 12.5 Å². The summed E-state index contributed by atoms with van der Waals surface area (Å²) in [5.41, 5.74) is 7.02. The quantitative estimate of drug-likeness (QED) is 0.295. The zero-order valence-electron chi connectivity index (χ0n) is 8.82. The largest absolute Gasteiger partial charge is 0.624 e. The van der Waals surface area contributed by atoms with Gasteiger partial charge in [-0.05, 0) is 19.1 Å². The smallest absolute Gasteiger partial charge is 0.190 e. The summed E-state index contributed by atoms with van der Waals surface area (Å²) in [5, 5.41) is 11.1. The van der Waals surface area contributed by atoms with E-state index in [2.05, 4.69) is 0 Å². The molecule has 0 saturated carbocycles. The van der Waals surface area contributed by atoms with Gasteiger partial charge in [-0.2, -0.15) is 0 Å². The van der Waals surface area contributed by atoms with E-state index in [1.165, 1.54) is 7.05 Å². The highest BCUT2D eigenvalue weighted by atomic mass is 16.5. The number of hydrogen-bond acceptors (Lipinski definition) is 2. The Balaban J connectivity index is 3.13. The molecule has 0 saturated heterocycles. The summed E-state index contributed by atoms with van der Waals surface area (Å²) in [4.78, 5) is 0. The second-order valence-corrected chi connectivity index (χ2v) is 3.77. The van der Waals surface area contributed by atoms with E-state index in [-0.39, 0.29) is 0 Å². The number of nitrogens with zero attached hydrogens (tertiary/aromatic N) is 1. The molecule has 0 fully saturated rings. The molecule has 0 bridgehead atoms. The van der Waals surface area contributed by atoms with Crippen LogP contribution in [0.15, 0.2) is 36.0 Å².